The first-order valence-electron chi connectivity index (χ1n) is 8.09. The fraction of sp³-hybridized carbons (Fsp3) is 0.412. The van der Waals surface area contributed by atoms with Crippen molar-refractivity contribution in [1.82, 2.24) is 19.8 Å². The van der Waals surface area contributed by atoms with Crippen molar-refractivity contribution in [2.45, 2.75) is 13.3 Å². The number of amides is 2. The van der Waals surface area contributed by atoms with Crippen LogP contribution in [-0.2, 0) is 0 Å². The number of oxazole rings is 1. The molecule has 0 atom stereocenters. The SMILES string of the molecule is COc1cc(C(=O)N2CCCN(C(=O)c3ncoc3C)CC2)ccn1. The fourth-order valence-corrected chi connectivity index (χ4v) is 2.82. The lowest BCUT2D eigenvalue weighted by Crippen LogP contribution is -2.37. The van der Waals surface area contributed by atoms with Gasteiger partial charge in [0.1, 0.15) is 5.76 Å². The molecule has 2 aromatic heterocycles. The van der Waals surface area contributed by atoms with Crippen LogP contribution in [0.3, 0.4) is 0 Å². The van der Waals surface area contributed by atoms with Crippen LogP contribution in [0.2, 0.25) is 0 Å². The van der Waals surface area contributed by atoms with Crippen molar-refractivity contribution in [2.24, 2.45) is 0 Å². The van der Waals surface area contributed by atoms with Gasteiger partial charge in [-0.1, -0.05) is 0 Å². The van der Waals surface area contributed by atoms with E-state index in [0.717, 1.165) is 0 Å². The Labute approximate surface area is 145 Å². The molecule has 0 aliphatic carbocycles. The number of rotatable bonds is 3. The maximum absolute atomic E-state index is 12.7. The standard InChI is InChI=1S/C17H20N4O4/c1-12-15(19-11-25-12)17(23)21-7-3-6-20(8-9-21)16(22)13-4-5-18-14(10-13)24-2/h4-5,10-11H,3,6-9H2,1-2H3. The van der Waals surface area contributed by atoms with E-state index in [1.807, 2.05) is 0 Å². The molecule has 8 nitrogen and oxygen atoms in total. The minimum absolute atomic E-state index is 0.0902. The quantitative estimate of drug-likeness (QED) is 0.836. The first-order chi connectivity index (χ1) is 12.1. The van der Waals surface area contributed by atoms with Crippen LogP contribution in [0.25, 0.3) is 0 Å². The van der Waals surface area contributed by atoms with Crippen LogP contribution in [0.15, 0.2) is 29.1 Å². The largest absolute Gasteiger partial charge is 0.481 e. The molecule has 8 heteroatoms. The van der Waals surface area contributed by atoms with Gasteiger partial charge in [-0.15, -0.1) is 0 Å². The van der Waals surface area contributed by atoms with Crippen LogP contribution in [0.1, 0.15) is 33.0 Å². The van der Waals surface area contributed by atoms with E-state index in [0.29, 0.717) is 55.5 Å². The van der Waals surface area contributed by atoms with E-state index < -0.39 is 0 Å². The zero-order chi connectivity index (χ0) is 17.8. The summed E-state index contributed by atoms with van der Waals surface area (Å²) in [6, 6.07) is 3.28. The molecule has 3 rings (SSSR count). The van der Waals surface area contributed by atoms with Crippen molar-refractivity contribution in [2.75, 3.05) is 33.3 Å². The molecule has 2 amide bonds. The van der Waals surface area contributed by atoms with Crippen LogP contribution >= 0.6 is 0 Å². The van der Waals surface area contributed by atoms with Crippen molar-refractivity contribution in [3.05, 3.63) is 41.7 Å². The van der Waals surface area contributed by atoms with Crippen molar-refractivity contribution >= 4 is 11.8 Å². The molecular formula is C17H20N4O4. The van der Waals surface area contributed by atoms with Crippen LogP contribution < -0.4 is 4.74 Å². The average Bonchev–Trinajstić information content (AvgIpc) is 2.92. The summed E-state index contributed by atoms with van der Waals surface area (Å²) in [7, 11) is 1.51. The number of carbonyl (C=O) groups is 2. The Hall–Kier alpha value is -2.90. The second-order valence-electron chi connectivity index (χ2n) is 5.78. The van der Waals surface area contributed by atoms with Gasteiger partial charge in [0.05, 0.1) is 7.11 Å². The highest BCUT2D eigenvalue weighted by Crippen LogP contribution is 2.15. The number of ether oxygens (including phenoxy) is 1. The molecule has 0 N–H and O–H groups in total. The number of aromatic nitrogens is 2. The van der Waals surface area contributed by atoms with E-state index in [1.165, 1.54) is 13.5 Å². The molecule has 1 fully saturated rings. The van der Waals surface area contributed by atoms with E-state index in [-0.39, 0.29) is 11.8 Å². The van der Waals surface area contributed by atoms with Crippen molar-refractivity contribution in [1.29, 1.82) is 0 Å². The van der Waals surface area contributed by atoms with Gasteiger partial charge >= 0.3 is 0 Å². The summed E-state index contributed by atoms with van der Waals surface area (Å²) < 4.78 is 10.2. The van der Waals surface area contributed by atoms with Gasteiger partial charge in [-0.05, 0) is 19.4 Å². The fourth-order valence-electron chi connectivity index (χ4n) is 2.82. The number of aryl methyl sites for hydroxylation is 1. The number of hydrogen-bond donors (Lipinski definition) is 0. The zero-order valence-corrected chi connectivity index (χ0v) is 14.3. The minimum Gasteiger partial charge on any atom is -0.481 e. The molecule has 0 bridgehead atoms. The number of carbonyl (C=O) groups excluding carboxylic acids is 2. The highest BCUT2D eigenvalue weighted by Gasteiger charge is 2.26. The second kappa shape index (κ2) is 7.33. The van der Waals surface area contributed by atoms with Gasteiger partial charge in [-0.3, -0.25) is 9.59 Å². The summed E-state index contributed by atoms with van der Waals surface area (Å²) in [5.74, 6) is 0.656. The van der Waals surface area contributed by atoms with Gasteiger partial charge in [0.15, 0.2) is 12.1 Å². The number of hydrogen-bond acceptors (Lipinski definition) is 6. The van der Waals surface area contributed by atoms with Gasteiger partial charge in [-0.2, -0.15) is 0 Å². The first-order valence-corrected chi connectivity index (χ1v) is 8.09. The lowest BCUT2D eigenvalue weighted by Gasteiger charge is -2.22. The monoisotopic (exact) mass is 344 g/mol. The van der Waals surface area contributed by atoms with E-state index in [4.69, 9.17) is 9.15 Å². The molecule has 1 aliphatic heterocycles. The maximum Gasteiger partial charge on any atom is 0.276 e. The Morgan fingerprint density at radius 1 is 1.12 bits per heavy atom. The Morgan fingerprint density at radius 2 is 1.84 bits per heavy atom. The molecular weight excluding hydrogens is 324 g/mol. The zero-order valence-electron chi connectivity index (χ0n) is 14.3. The molecule has 25 heavy (non-hydrogen) atoms. The normalized spacial score (nSPS) is 15.0. The number of pyridine rings is 1. The minimum atomic E-state index is -0.161. The highest BCUT2D eigenvalue weighted by atomic mass is 16.5. The van der Waals surface area contributed by atoms with Gasteiger partial charge in [0, 0.05) is 44.0 Å². The van der Waals surface area contributed by atoms with Crippen LogP contribution in [0, 0.1) is 6.92 Å². The van der Waals surface area contributed by atoms with Crippen molar-refractivity contribution in [3.8, 4) is 5.88 Å². The Morgan fingerprint density at radius 3 is 2.48 bits per heavy atom. The van der Waals surface area contributed by atoms with Gasteiger partial charge in [0.2, 0.25) is 5.88 Å². The van der Waals surface area contributed by atoms with Gasteiger partial charge in [0.25, 0.3) is 11.8 Å². The summed E-state index contributed by atoms with van der Waals surface area (Å²) in [4.78, 5) is 36.7. The molecule has 132 valence electrons. The average molecular weight is 344 g/mol. The second-order valence-corrected chi connectivity index (χ2v) is 5.78. The van der Waals surface area contributed by atoms with E-state index in [9.17, 15) is 9.59 Å². The Kier molecular flexibility index (Phi) is 4.97. The van der Waals surface area contributed by atoms with Crippen molar-refractivity contribution < 1.29 is 18.7 Å². The summed E-state index contributed by atoms with van der Waals surface area (Å²) >= 11 is 0. The van der Waals surface area contributed by atoms with Crippen LogP contribution in [0.4, 0.5) is 0 Å². The van der Waals surface area contributed by atoms with Gasteiger partial charge in [-0.25, -0.2) is 9.97 Å². The lowest BCUT2D eigenvalue weighted by atomic mass is 10.2. The van der Waals surface area contributed by atoms with Gasteiger partial charge < -0.3 is 19.0 Å². The molecule has 0 radical (unpaired) electrons. The Balaban J connectivity index is 1.68. The summed E-state index contributed by atoms with van der Waals surface area (Å²) in [5.41, 5.74) is 0.859. The predicted molar refractivity (Wildman–Crippen MR) is 88.5 cm³/mol. The third-order valence-electron chi connectivity index (χ3n) is 4.21. The highest BCUT2D eigenvalue weighted by molar-refractivity contribution is 5.95. The first kappa shape index (κ1) is 16.9. The summed E-state index contributed by atoms with van der Waals surface area (Å²) in [5, 5.41) is 0. The number of methoxy groups -OCH3 is 1. The van der Waals surface area contributed by atoms with Crippen LogP contribution in [0.5, 0.6) is 5.88 Å². The predicted octanol–water partition coefficient (Wildman–Crippen LogP) is 1.37. The molecule has 0 aromatic carbocycles. The maximum atomic E-state index is 12.7. The molecule has 0 unspecified atom stereocenters. The van der Waals surface area contributed by atoms with E-state index in [1.54, 1.807) is 35.1 Å². The molecule has 1 saturated heterocycles. The molecule has 0 spiro atoms. The third-order valence-corrected chi connectivity index (χ3v) is 4.21. The summed E-state index contributed by atoms with van der Waals surface area (Å²) in [6.45, 7) is 3.80. The summed E-state index contributed by atoms with van der Waals surface area (Å²) in [6.07, 6.45) is 3.52. The molecule has 2 aromatic rings. The smallest absolute Gasteiger partial charge is 0.276 e. The van der Waals surface area contributed by atoms with Crippen LogP contribution in [-0.4, -0.2) is 64.9 Å². The van der Waals surface area contributed by atoms with Crippen molar-refractivity contribution in [3.63, 3.8) is 0 Å². The Bertz CT molecular complexity index is 774. The van der Waals surface area contributed by atoms with E-state index in [2.05, 4.69) is 9.97 Å². The third kappa shape index (κ3) is 3.62. The van der Waals surface area contributed by atoms with E-state index >= 15 is 0 Å². The number of nitrogens with zero attached hydrogens (tertiary/aromatic N) is 4. The molecule has 3 heterocycles. The molecule has 0 saturated carbocycles. The lowest BCUT2D eigenvalue weighted by molar-refractivity contribution is 0.0715. The molecule has 1 aliphatic rings. The topological polar surface area (TPSA) is 88.8 Å².